The molecule has 0 saturated heterocycles. The number of aromatic nitrogens is 6. The molecule has 5 aromatic rings. The number of carbonyl (C=O) groups excluding carboxylic acids is 1. The van der Waals surface area contributed by atoms with Crippen LogP contribution in [0.2, 0.25) is 5.02 Å². The van der Waals surface area contributed by atoms with Crippen LogP contribution in [0.15, 0.2) is 30.6 Å². The van der Waals surface area contributed by atoms with Crippen LogP contribution in [0.4, 0.5) is 0 Å². The molecule has 0 N–H and O–H groups in total. The molecule has 32 heavy (non-hydrogen) atoms. The van der Waals surface area contributed by atoms with Gasteiger partial charge in [-0.3, -0.25) is 4.68 Å². The van der Waals surface area contributed by atoms with E-state index in [1.165, 1.54) is 18.4 Å². The number of thiophene rings is 1. The van der Waals surface area contributed by atoms with Gasteiger partial charge in [0.1, 0.15) is 16.0 Å². The third-order valence-electron chi connectivity index (χ3n) is 5.45. The molecular formula is C22H19ClN6O2S. The molecule has 0 fully saturated rings. The van der Waals surface area contributed by atoms with Crippen molar-refractivity contribution >= 4 is 44.8 Å². The Kier molecular flexibility index (Phi) is 4.94. The second-order valence-electron chi connectivity index (χ2n) is 7.52. The largest absolute Gasteiger partial charge is 0.465 e. The monoisotopic (exact) mass is 466 g/mol. The van der Waals surface area contributed by atoms with Gasteiger partial charge in [0.2, 0.25) is 0 Å². The molecule has 4 heterocycles. The molecule has 1 aromatic carbocycles. The fraction of sp³-hybridized carbons (Fsp3) is 0.227. The van der Waals surface area contributed by atoms with E-state index in [-0.39, 0.29) is 5.97 Å². The molecule has 0 unspecified atom stereocenters. The van der Waals surface area contributed by atoms with Crippen LogP contribution in [0.1, 0.15) is 32.2 Å². The van der Waals surface area contributed by atoms with Gasteiger partial charge >= 0.3 is 5.97 Å². The zero-order valence-corrected chi connectivity index (χ0v) is 19.5. The van der Waals surface area contributed by atoms with Crippen LogP contribution in [-0.2, 0) is 11.3 Å². The fourth-order valence-corrected chi connectivity index (χ4v) is 4.95. The van der Waals surface area contributed by atoms with Crippen molar-refractivity contribution in [2.24, 2.45) is 0 Å². The van der Waals surface area contributed by atoms with Crippen LogP contribution < -0.4 is 0 Å². The molecular weight excluding hydrogens is 448 g/mol. The maximum absolute atomic E-state index is 12.1. The number of carbonyl (C=O) groups is 1. The highest BCUT2D eigenvalue weighted by Crippen LogP contribution is 2.33. The molecule has 0 radical (unpaired) electrons. The first-order valence-electron chi connectivity index (χ1n) is 9.89. The smallest absolute Gasteiger partial charge is 0.348 e. The number of halogens is 1. The molecule has 4 aromatic heterocycles. The second-order valence-corrected chi connectivity index (χ2v) is 8.90. The lowest BCUT2D eigenvalue weighted by atomic mass is 10.1. The van der Waals surface area contributed by atoms with Gasteiger partial charge in [0.25, 0.3) is 0 Å². The number of rotatable bonds is 4. The summed E-state index contributed by atoms with van der Waals surface area (Å²) in [6.07, 6.45) is 1.62. The molecule has 0 aliphatic rings. The molecule has 0 atom stereocenters. The highest BCUT2D eigenvalue weighted by molar-refractivity contribution is 7.20. The van der Waals surface area contributed by atoms with Gasteiger partial charge in [-0.1, -0.05) is 29.8 Å². The van der Waals surface area contributed by atoms with Gasteiger partial charge in [-0.05, 0) is 38.0 Å². The van der Waals surface area contributed by atoms with Crippen molar-refractivity contribution in [2.45, 2.75) is 27.3 Å². The number of aryl methyl sites for hydroxylation is 2. The topological polar surface area (TPSA) is 87.2 Å². The number of ether oxygens (including phenoxy) is 1. The Balaban J connectivity index is 1.57. The third-order valence-corrected chi connectivity index (χ3v) is 7.18. The van der Waals surface area contributed by atoms with Crippen molar-refractivity contribution in [2.75, 3.05) is 7.11 Å². The lowest BCUT2D eigenvalue weighted by molar-refractivity contribution is 0.0605. The van der Waals surface area contributed by atoms with Crippen molar-refractivity contribution in [1.29, 1.82) is 0 Å². The average Bonchev–Trinajstić information content (AvgIpc) is 3.44. The highest BCUT2D eigenvalue weighted by Gasteiger charge is 2.21. The predicted molar refractivity (Wildman–Crippen MR) is 123 cm³/mol. The number of esters is 1. The van der Waals surface area contributed by atoms with E-state index >= 15 is 0 Å². The Morgan fingerprint density at radius 1 is 1.22 bits per heavy atom. The minimum Gasteiger partial charge on any atom is -0.465 e. The van der Waals surface area contributed by atoms with E-state index < -0.39 is 0 Å². The van der Waals surface area contributed by atoms with E-state index in [1.54, 1.807) is 10.8 Å². The number of benzene rings is 1. The van der Waals surface area contributed by atoms with Crippen LogP contribution in [0, 0.1) is 20.8 Å². The maximum Gasteiger partial charge on any atom is 0.348 e. The van der Waals surface area contributed by atoms with Crippen molar-refractivity contribution < 1.29 is 9.53 Å². The molecule has 162 valence electrons. The summed E-state index contributed by atoms with van der Waals surface area (Å²) in [7, 11) is 1.37. The van der Waals surface area contributed by atoms with Crippen LogP contribution in [-0.4, -0.2) is 42.4 Å². The van der Waals surface area contributed by atoms with E-state index in [0.29, 0.717) is 27.9 Å². The number of hydrogen-bond donors (Lipinski definition) is 0. The minimum atomic E-state index is -0.375. The van der Waals surface area contributed by atoms with Crippen molar-refractivity contribution in [1.82, 2.24) is 29.4 Å². The quantitative estimate of drug-likeness (QED) is 0.359. The van der Waals surface area contributed by atoms with Gasteiger partial charge in [-0.2, -0.15) is 5.10 Å². The van der Waals surface area contributed by atoms with E-state index in [4.69, 9.17) is 21.3 Å². The van der Waals surface area contributed by atoms with E-state index in [2.05, 4.69) is 15.2 Å². The molecule has 0 aliphatic heterocycles. The first-order chi connectivity index (χ1) is 15.4. The van der Waals surface area contributed by atoms with Crippen LogP contribution in [0.25, 0.3) is 27.3 Å². The molecule has 0 bridgehead atoms. The number of fused-ring (bicyclic) bond motifs is 3. The minimum absolute atomic E-state index is 0.375. The van der Waals surface area contributed by atoms with Crippen molar-refractivity contribution in [3.05, 3.63) is 63.0 Å². The van der Waals surface area contributed by atoms with Crippen LogP contribution in [0.5, 0.6) is 0 Å². The summed E-state index contributed by atoms with van der Waals surface area (Å²) in [5, 5.41) is 10.6. The molecule has 0 saturated carbocycles. The lowest BCUT2D eigenvalue weighted by Crippen LogP contribution is -2.04. The van der Waals surface area contributed by atoms with E-state index in [0.717, 1.165) is 38.3 Å². The Labute approximate surface area is 192 Å². The van der Waals surface area contributed by atoms with E-state index in [1.807, 2.05) is 49.7 Å². The SMILES string of the molecule is COC(=O)c1sc2ncn3nc(-c4cccc(Cn5nc(C)c(Cl)c5C)c4)nc3c2c1C. The lowest BCUT2D eigenvalue weighted by Gasteiger charge is -2.06. The highest BCUT2D eigenvalue weighted by atomic mass is 35.5. The van der Waals surface area contributed by atoms with Gasteiger partial charge < -0.3 is 4.74 Å². The Morgan fingerprint density at radius 3 is 2.75 bits per heavy atom. The summed E-state index contributed by atoms with van der Waals surface area (Å²) >= 11 is 7.59. The van der Waals surface area contributed by atoms with Crippen molar-refractivity contribution in [3.8, 4) is 11.4 Å². The third kappa shape index (κ3) is 3.25. The van der Waals surface area contributed by atoms with Gasteiger partial charge in [-0.25, -0.2) is 19.3 Å². The predicted octanol–water partition coefficient (Wildman–Crippen LogP) is 4.62. The Bertz CT molecular complexity index is 1520. The average molecular weight is 467 g/mol. The molecule has 0 aliphatic carbocycles. The molecule has 8 nitrogen and oxygen atoms in total. The first kappa shape index (κ1) is 20.6. The summed E-state index contributed by atoms with van der Waals surface area (Å²) in [5.41, 5.74) is 5.15. The zero-order valence-electron chi connectivity index (χ0n) is 17.9. The van der Waals surface area contributed by atoms with Gasteiger partial charge in [-0.15, -0.1) is 16.4 Å². The molecule has 0 amide bonds. The van der Waals surface area contributed by atoms with Gasteiger partial charge in [0.05, 0.1) is 35.5 Å². The number of nitrogens with zero attached hydrogens (tertiary/aromatic N) is 6. The Hall–Kier alpha value is -3.30. The summed E-state index contributed by atoms with van der Waals surface area (Å²) in [6, 6.07) is 8.03. The number of hydrogen-bond acceptors (Lipinski definition) is 7. The fourth-order valence-electron chi connectivity index (χ4n) is 3.75. The molecule has 10 heteroatoms. The molecule has 5 rings (SSSR count). The zero-order chi connectivity index (χ0) is 22.6. The standard InChI is InChI=1S/C22H19ClN6O2S/c1-11-16-20-25-19(27-29(20)10-24-21(16)32-18(11)22(30)31-4)15-7-5-6-14(8-15)9-28-13(3)17(23)12(2)26-28/h5-8,10H,9H2,1-4H3. The number of methoxy groups -OCH3 is 1. The normalized spacial score (nSPS) is 11.5. The summed E-state index contributed by atoms with van der Waals surface area (Å²) < 4.78 is 8.44. The second kappa shape index (κ2) is 7.68. The summed E-state index contributed by atoms with van der Waals surface area (Å²) in [5.74, 6) is 0.207. The van der Waals surface area contributed by atoms with Crippen LogP contribution >= 0.6 is 22.9 Å². The summed E-state index contributed by atoms with van der Waals surface area (Å²) in [6.45, 7) is 6.33. The first-order valence-corrected chi connectivity index (χ1v) is 11.1. The maximum atomic E-state index is 12.1. The van der Waals surface area contributed by atoms with Crippen molar-refractivity contribution in [3.63, 3.8) is 0 Å². The van der Waals surface area contributed by atoms with Gasteiger partial charge in [0, 0.05) is 5.56 Å². The van der Waals surface area contributed by atoms with Crippen LogP contribution in [0.3, 0.4) is 0 Å². The van der Waals surface area contributed by atoms with Gasteiger partial charge in [0.15, 0.2) is 11.5 Å². The summed E-state index contributed by atoms with van der Waals surface area (Å²) in [4.78, 5) is 22.6. The Morgan fingerprint density at radius 2 is 2.03 bits per heavy atom. The van der Waals surface area contributed by atoms with E-state index in [9.17, 15) is 4.79 Å². The molecule has 0 spiro atoms.